The van der Waals surface area contributed by atoms with Crippen LogP contribution in [0.4, 0.5) is 0 Å². The van der Waals surface area contributed by atoms with Crippen molar-refractivity contribution >= 4 is 11.8 Å². The number of carbonyl (C=O) groups is 2. The molecule has 1 aliphatic heterocycles. The van der Waals surface area contributed by atoms with E-state index in [4.69, 9.17) is 20.9 Å². The molecule has 0 bridgehead atoms. The fourth-order valence-electron chi connectivity index (χ4n) is 1.71. The number of carbonyl (C=O) groups excluding carboxylic acids is 2. The fraction of sp³-hybridized carbons (Fsp3) is 0.800. The highest BCUT2D eigenvalue weighted by molar-refractivity contribution is 5.87. The summed E-state index contributed by atoms with van der Waals surface area (Å²) in [6.07, 6.45) is -0.185. The van der Waals surface area contributed by atoms with Crippen molar-refractivity contribution in [1.82, 2.24) is 4.90 Å². The van der Waals surface area contributed by atoms with Crippen molar-refractivity contribution in [2.24, 2.45) is 11.5 Å². The van der Waals surface area contributed by atoms with Crippen LogP contribution in [0, 0.1) is 0 Å². The molecule has 1 fully saturated rings. The first-order valence-corrected chi connectivity index (χ1v) is 5.49. The summed E-state index contributed by atoms with van der Waals surface area (Å²) in [7, 11) is 1.50. The molecule has 1 aliphatic rings. The van der Waals surface area contributed by atoms with Gasteiger partial charge in [0.1, 0.15) is 6.04 Å². The van der Waals surface area contributed by atoms with E-state index in [1.807, 2.05) is 0 Å². The maximum atomic E-state index is 12.0. The molecule has 98 valence electrons. The number of hydrogen-bond donors (Lipinski definition) is 2. The Morgan fingerprint density at radius 3 is 2.82 bits per heavy atom. The molecule has 0 radical (unpaired) electrons. The number of nitrogens with zero attached hydrogens (tertiary/aromatic N) is 1. The molecule has 0 aromatic rings. The second-order valence-electron chi connectivity index (χ2n) is 3.88. The van der Waals surface area contributed by atoms with Gasteiger partial charge in [0.2, 0.25) is 11.8 Å². The predicted molar refractivity (Wildman–Crippen MR) is 60.0 cm³/mol. The number of hydrogen-bond acceptors (Lipinski definition) is 5. The highest BCUT2D eigenvalue weighted by Crippen LogP contribution is 2.10. The molecule has 0 aliphatic carbocycles. The van der Waals surface area contributed by atoms with Crippen LogP contribution in [0.3, 0.4) is 0 Å². The highest BCUT2D eigenvalue weighted by Gasteiger charge is 2.32. The van der Waals surface area contributed by atoms with Crippen molar-refractivity contribution in [3.63, 3.8) is 0 Å². The van der Waals surface area contributed by atoms with E-state index in [1.54, 1.807) is 0 Å². The predicted octanol–water partition coefficient (Wildman–Crippen LogP) is -1.94. The molecule has 2 atom stereocenters. The maximum Gasteiger partial charge on any atom is 0.242 e. The molecule has 17 heavy (non-hydrogen) atoms. The van der Waals surface area contributed by atoms with E-state index in [0.717, 1.165) is 0 Å². The van der Waals surface area contributed by atoms with Crippen LogP contribution >= 0.6 is 0 Å². The van der Waals surface area contributed by atoms with E-state index in [2.05, 4.69) is 0 Å². The van der Waals surface area contributed by atoms with Crippen molar-refractivity contribution in [2.45, 2.75) is 18.6 Å². The summed E-state index contributed by atoms with van der Waals surface area (Å²) >= 11 is 0. The number of rotatable bonds is 5. The van der Waals surface area contributed by atoms with E-state index in [0.29, 0.717) is 13.2 Å². The molecule has 7 nitrogen and oxygen atoms in total. The maximum absolute atomic E-state index is 12.0. The highest BCUT2D eigenvalue weighted by atomic mass is 16.5. The van der Waals surface area contributed by atoms with Gasteiger partial charge in [-0.3, -0.25) is 9.59 Å². The molecule has 1 rings (SSSR count). The van der Waals surface area contributed by atoms with Crippen LogP contribution in [0.5, 0.6) is 0 Å². The Labute approximate surface area is 100 Å². The van der Waals surface area contributed by atoms with Gasteiger partial charge in [-0.1, -0.05) is 0 Å². The molecule has 1 saturated heterocycles. The first-order chi connectivity index (χ1) is 8.10. The lowest BCUT2D eigenvalue weighted by molar-refractivity contribution is -0.148. The van der Waals surface area contributed by atoms with E-state index in [-0.39, 0.29) is 31.6 Å². The third-order valence-electron chi connectivity index (χ3n) is 2.78. The number of primary amides is 1. The van der Waals surface area contributed by atoms with Crippen molar-refractivity contribution in [1.29, 1.82) is 0 Å². The van der Waals surface area contributed by atoms with Crippen LogP contribution in [0.1, 0.15) is 6.42 Å². The lowest BCUT2D eigenvalue weighted by Crippen LogP contribution is -2.55. The zero-order valence-corrected chi connectivity index (χ0v) is 9.93. The van der Waals surface area contributed by atoms with E-state index < -0.39 is 11.9 Å². The van der Waals surface area contributed by atoms with E-state index in [9.17, 15) is 9.59 Å². The van der Waals surface area contributed by atoms with Crippen LogP contribution in [0.25, 0.3) is 0 Å². The number of methoxy groups -OCH3 is 1. The number of amides is 2. The van der Waals surface area contributed by atoms with Crippen LogP contribution < -0.4 is 11.5 Å². The Morgan fingerprint density at radius 1 is 1.59 bits per heavy atom. The van der Waals surface area contributed by atoms with Crippen LogP contribution in [-0.4, -0.2) is 62.3 Å². The molecule has 2 unspecified atom stereocenters. The van der Waals surface area contributed by atoms with Gasteiger partial charge in [0.15, 0.2) is 0 Å². The Kier molecular flexibility index (Phi) is 5.33. The molecule has 0 spiro atoms. The molecule has 1 heterocycles. The smallest absolute Gasteiger partial charge is 0.242 e. The molecular formula is C10H19N3O4. The lowest BCUT2D eigenvalue weighted by atomic mass is 10.1. The summed E-state index contributed by atoms with van der Waals surface area (Å²) in [4.78, 5) is 24.6. The topological polar surface area (TPSA) is 108 Å². The van der Waals surface area contributed by atoms with Gasteiger partial charge in [-0.15, -0.1) is 0 Å². The van der Waals surface area contributed by atoms with Crippen molar-refractivity contribution in [3.05, 3.63) is 0 Å². The van der Waals surface area contributed by atoms with Crippen molar-refractivity contribution < 1.29 is 19.1 Å². The standard InChI is InChI=1S/C10H19N3O4/c1-16-7(5-11)4-9(14)13-2-3-17-6-8(13)10(12)15/h7-8H,2-6,11H2,1H3,(H2,12,15). The summed E-state index contributed by atoms with van der Waals surface area (Å²) in [6.45, 7) is 1.19. The van der Waals surface area contributed by atoms with E-state index >= 15 is 0 Å². The van der Waals surface area contributed by atoms with Gasteiger partial charge >= 0.3 is 0 Å². The van der Waals surface area contributed by atoms with Crippen LogP contribution in [0.2, 0.25) is 0 Å². The number of morpholine rings is 1. The second-order valence-corrected chi connectivity index (χ2v) is 3.88. The molecule has 2 amide bonds. The fourth-order valence-corrected chi connectivity index (χ4v) is 1.71. The average Bonchev–Trinajstić information content (AvgIpc) is 2.35. The molecule has 4 N–H and O–H groups in total. The molecule has 0 aromatic carbocycles. The summed E-state index contributed by atoms with van der Waals surface area (Å²) in [5.41, 5.74) is 10.7. The minimum atomic E-state index is -0.688. The normalized spacial score (nSPS) is 22.2. The lowest BCUT2D eigenvalue weighted by Gasteiger charge is -2.34. The third kappa shape index (κ3) is 3.65. The Hall–Kier alpha value is -1.18. The minimum Gasteiger partial charge on any atom is -0.380 e. The summed E-state index contributed by atoms with van der Waals surface area (Å²) < 4.78 is 10.2. The first-order valence-electron chi connectivity index (χ1n) is 5.49. The monoisotopic (exact) mass is 245 g/mol. The largest absolute Gasteiger partial charge is 0.380 e. The molecule has 7 heteroatoms. The zero-order valence-electron chi connectivity index (χ0n) is 9.93. The molecule has 0 aromatic heterocycles. The van der Waals surface area contributed by atoms with Gasteiger partial charge in [0.25, 0.3) is 0 Å². The summed E-state index contributed by atoms with van der Waals surface area (Å²) in [6, 6.07) is -0.688. The van der Waals surface area contributed by atoms with Gasteiger partial charge in [-0.25, -0.2) is 0 Å². The van der Waals surface area contributed by atoms with Gasteiger partial charge in [0.05, 0.1) is 25.7 Å². The first kappa shape index (κ1) is 13.9. The van der Waals surface area contributed by atoms with Crippen LogP contribution in [-0.2, 0) is 19.1 Å². The van der Waals surface area contributed by atoms with Crippen molar-refractivity contribution in [2.75, 3.05) is 33.4 Å². The molecular weight excluding hydrogens is 226 g/mol. The Balaban J connectivity index is 2.61. The summed E-state index contributed by atoms with van der Waals surface area (Å²) in [5, 5.41) is 0. The van der Waals surface area contributed by atoms with Gasteiger partial charge in [-0.05, 0) is 0 Å². The Bertz CT molecular complexity index is 281. The quantitative estimate of drug-likeness (QED) is 0.586. The zero-order chi connectivity index (χ0) is 12.8. The van der Waals surface area contributed by atoms with Gasteiger partial charge in [0, 0.05) is 20.2 Å². The average molecular weight is 245 g/mol. The summed E-state index contributed by atoms with van der Waals surface area (Å²) in [5.74, 6) is -0.742. The number of nitrogens with two attached hydrogens (primary N) is 2. The second kappa shape index (κ2) is 6.53. The number of ether oxygens (including phenoxy) is 2. The minimum absolute atomic E-state index is 0.150. The third-order valence-corrected chi connectivity index (χ3v) is 2.78. The van der Waals surface area contributed by atoms with E-state index in [1.165, 1.54) is 12.0 Å². The van der Waals surface area contributed by atoms with Gasteiger partial charge < -0.3 is 25.8 Å². The van der Waals surface area contributed by atoms with Gasteiger partial charge in [-0.2, -0.15) is 0 Å². The Morgan fingerprint density at radius 2 is 2.29 bits per heavy atom. The van der Waals surface area contributed by atoms with Crippen molar-refractivity contribution in [3.8, 4) is 0 Å². The molecule has 0 saturated carbocycles. The van der Waals surface area contributed by atoms with Crippen LogP contribution in [0.15, 0.2) is 0 Å². The SMILES string of the molecule is COC(CN)CC(=O)N1CCOCC1C(N)=O.